The summed E-state index contributed by atoms with van der Waals surface area (Å²) in [6.45, 7) is 4.79. The summed E-state index contributed by atoms with van der Waals surface area (Å²) in [4.78, 5) is 11.2. The summed E-state index contributed by atoms with van der Waals surface area (Å²) in [6, 6.07) is 9.56. The maximum absolute atomic E-state index is 11.2. The Morgan fingerprint density at radius 2 is 2.00 bits per heavy atom. The van der Waals surface area contributed by atoms with Crippen molar-refractivity contribution in [1.29, 1.82) is 0 Å². The number of hydrogen-bond acceptors (Lipinski definition) is 2. The lowest BCUT2D eigenvalue weighted by Crippen LogP contribution is -2.31. The van der Waals surface area contributed by atoms with Gasteiger partial charge in [-0.25, -0.2) is 0 Å². The second-order valence-corrected chi connectivity index (χ2v) is 3.61. The maximum Gasteiger partial charge on any atom is 0.222 e. The second kappa shape index (κ2) is 6.06. The second-order valence-electron chi connectivity index (χ2n) is 3.61. The minimum Gasteiger partial charge on any atom is -0.492 e. The van der Waals surface area contributed by atoms with Crippen molar-refractivity contribution in [1.82, 2.24) is 5.32 Å². The van der Waals surface area contributed by atoms with Crippen LogP contribution in [0.5, 0.6) is 5.75 Å². The molecule has 1 N–H and O–H groups in total. The van der Waals surface area contributed by atoms with Crippen molar-refractivity contribution < 1.29 is 9.53 Å². The van der Waals surface area contributed by atoms with E-state index in [9.17, 15) is 4.79 Å². The highest BCUT2D eigenvalue weighted by atomic mass is 16.5. The number of amides is 1. The van der Waals surface area contributed by atoms with Crippen molar-refractivity contribution in [2.45, 2.75) is 13.8 Å². The van der Waals surface area contributed by atoms with Gasteiger partial charge in [-0.2, -0.15) is 0 Å². The van der Waals surface area contributed by atoms with Crippen LogP contribution in [0.15, 0.2) is 30.3 Å². The molecular formula is C12H17NO2. The Morgan fingerprint density at radius 3 is 2.60 bits per heavy atom. The van der Waals surface area contributed by atoms with Crippen LogP contribution in [0.3, 0.4) is 0 Å². The highest BCUT2D eigenvalue weighted by Gasteiger charge is 2.04. The van der Waals surface area contributed by atoms with Crippen molar-refractivity contribution in [3.05, 3.63) is 30.3 Å². The first-order chi connectivity index (χ1) is 7.20. The smallest absolute Gasteiger partial charge is 0.222 e. The van der Waals surface area contributed by atoms with Gasteiger partial charge in [0.25, 0.3) is 0 Å². The average Bonchev–Trinajstić information content (AvgIpc) is 2.25. The highest BCUT2D eigenvalue weighted by Crippen LogP contribution is 2.07. The van der Waals surface area contributed by atoms with Gasteiger partial charge in [0, 0.05) is 5.92 Å². The summed E-state index contributed by atoms with van der Waals surface area (Å²) in [6.07, 6.45) is 0. The minimum absolute atomic E-state index is 0.0294. The van der Waals surface area contributed by atoms with Crippen LogP contribution in [-0.4, -0.2) is 19.1 Å². The fourth-order valence-electron chi connectivity index (χ4n) is 1.06. The third-order valence-corrected chi connectivity index (χ3v) is 1.94. The van der Waals surface area contributed by atoms with Crippen LogP contribution in [0.1, 0.15) is 13.8 Å². The molecule has 0 radical (unpaired) electrons. The lowest BCUT2D eigenvalue weighted by atomic mass is 10.2. The predicted molar refractivity (Wildman–Crippen MR) is 59.8 cm³/mol. The number of carbonyl (C=O) groups is 1. The Balaban J connectivity index is 2.15. The number of ether oxygens (including phenoxy) is 1. The number of rotatable bonds is 5. The molecule has 82 valence electrons. The fraction of sp³-hybridized carbons (Fsp3) is 0.417. The van der Waals surface area contributed by atoms with Crippen molar-refractivity contribution in [2.75, 3.05) is 13.2 Å². The van der Waals surface area contributed by atoms with E-state index in [2.05, 4.69) is 5.32 Å². The molecule has 3 heteroatoms. The van der Waals surface area contributed by atoms with Gasteiger partial charge in [0.1, 0.15) is 12.4 Å². The first kappa shape index (κ1) is 11.6. The van der Waals surface area contributed by atoms with Crippen LogP contribution in [0.25, 0.3) is 0 Å². The Kier molecular flexibility index (Phi) is 4.68. The third kappa shape index (κ3) is 4.49. The van der Waals surface area contributed by atoms with E-state index in [1.54, 1.807) is 0 Å². The Labute approximate surface area is 90.4 Å². The van der Waals surface area contributed by atoms with Crippen LogP contribution in [0.2, 0.25) is 0 Å². The zero-order valence-electron chi connectivity index (χ0n) is 9.19. The van der Waals surface area contributed by atoms with Crippen molar-refractivity contribution in [3.8, 4) is 5.75 Å². The molecule has 0 atom stereocenters. The van der Waals surface area contributed by atoms with E-state index < -0.39 is 0 Å². The Hall–Kier alpha value is -1.51. The van der Waals surface area contributed by atoms with Gasteiger partial charge < -0.3 is 10.1 Å². The molecule has 0 aliphatic carbocycles. The van der Waals surface area contributed by atoms with Gasteiger partial charge in [0.2, 0.25) is 5.91 Å². The Morgan fingerprint density at radius 1 is 1.33 bits per heavy atom. The summed E-state index contributed by atoms with van der Waals surface area (Å²) >= 11 is 0. The molecule has 1 rings (SSSR count). The lowest BCUT2D eigenvalue weighted by molar-refractivity contribution is -0.124. The highest BCUT2D eigenvalue weighted by molar-refractivity contribution is 5.77. The molecule has 0 aromatic heterocycles. The van der Waals surface area contributed by atoms with Gasteiger partial charge in [0.05, 0.1) is 6.54 Å². The van der Waals surface area contributed by atoms with Crippen molar-refractivity contribution in [3.63, 3.8) is 0 Å². The van der Waals surface area contributed by atoms with Gasteiger partial charge in [-0.05, 0) is 12.1 Å². The van der Waals surface area contributed by atoms with E-state index in [4.69, 9.17) is 4.74 Å². The molecule has 0 bridgehead atoms. The topological polar surface area (TPSA) is 38.3 Å². The molecule has 0 fully saturated rings. The minimum atomic E-state index is 0.0294. The zero-order valence-corrected chi connectivity index (χ0v) is 9.19. The molecule has 1 amide bonds. The van der Waals surface area contributed by atoms with E-state index in [1.807, 2.05) is 44.2 Å². The molecule has 0 unspecified atom stereocenters. The molecule has 15 heavy (non-hydrogen) atoms. The summed E-state index contributed by atoms with van der Waals surface area (Å²) in [5.41, 5.74) is 0. The molecule has 0 aliphatic rings. The first-order valence-corrected chi connectivity index (χ1v) is 5.15. The van der Waals surface area contributed by atoms with Crippen LogP contribution in [0, 0.1) is 5.92 Å². The molecule has 1 aromatic carbocycles. The van der Waals surface area contributed by atoms with E-state index in [-0.39, 0.29) is 11.8 Å². The molecule has 0 spiro atoms. The SMILES string of the molecule is CC(C)C(=O)NCCOc1ccccc1. The van der Waals surface area contributed by atoms with Gasteiger partial charge in [0.15, 0.2) is 0 Å². The predicted octanol–water partition coefficient (Wildman–Crippen LogP) is 1.84. The zero-order chi connectivity index (χ0) is 11.1. The number of hydrogen-bond donors (Lipinski definition) is 1. The molecule has 0 aliphatic heterocycles. The number of carbonyl (C=O) groups excluding carboxylic acids is 1. The quantitative estimate of drug-likeness (QED) is 0.748. The maximum atomic E-state index is 11.2. The van der Waals surface area contributed by atoms with Crippen LogP contribution >= 0.6 is 0 Å². The van der Waals surface area contributed by atoms with Crippen LogP contribution in [0.4, 0.5) is 0 Å². The van der Waals surface area contributed by atoms with E-state index in [0.29, 0.717) is 13.2 Å². The molecule has 3 nitrogen and oxygen atoms in total. The van der Waals surface area contributed by atoms with Crippen molar-refractivity contribution in [2.24, 2.45) is 5.92 Å². The normalized spacial score (nSPS) is 10.1. The number of benzene rings is 1. The first-order valence-electron chi connectivity index (χ1n) is 5.15. The number of para-hydroxylation sites is 1. The van der Waals surface area contributed by atoms with Gasteiger partial charge in [-0.1, -0.05) is 32.0 Å². The van der Waals surface area contributed by atoms with E-state index >= 15 is 0 Å². The number of nitrogens with one attached hydrogen (secondary N) is 1. The Bertz CT molecular complexity index is 296. The lowest BCUT2D eigenvalue weighted by Gasteiger charge is -2.08. The summed E-state index contributed by atoms with van der Waals surface area (Å²) in [5.74, 6) is 0.921. The summed E-state index contributed by atoms with van der Waals surface area (Å²) in [5, 5.41) is 2.79. The monoisotopic (exact) mass is 207 g/mol. The van der Waals surface area contributed by atoms with E-state index in [0.717, 1.165) is 5.75 Å². The fourth-order valence-corrected chi connectivity index (χ4v) is 1.06. The standard InChI is InChI=1S/C12H17NO2/c1-10(2)12(14)13-8-9-15-11-6-4-3-5-7-11/h3-7,10H,8-9H2,1-2H3,(H,13,14). The molecule has 0 heterocycles. The van der Waals surface area contributed by atoms with Gasteiger partial charge in [-0.3, -0.25) is 4.79 Å². The summed E-state index contributed by atoms with van der Waals surface area (Å²) in [7, 11) is 0. The van der Waals surface area contributed by atoms with Gasteiger partial charge in [-0.15, -0.1) is 0 Å². The van der Waals surface area contributed by atoms with Crippen LogP contribution in [-0.2, 0) is 4.79 Å². The average molecular weight is 207 g/mol. The largest absolute Gasteiger partial charge is 0.492 e. The molecule has 0 saturated carbocycles. The third-order valence-electron chi connectivity index (χ3n) is 1.94. The summed E-state index contributed by atoms with van der Waals surface area (Å²) < 4.78 is 5.42. The molecular weight excluding hydrogens is 190 g/mol. The molecule has 0 saturated heterocycles. The van der Waals surface area contributed by atoms with Crippen molar-refractivity contribution >= 4 is 5.91 Å². The molecule has 1 aromatic rings. The van der Waals surface area contributed by atoms with E-state index in [1.165, 1.54) is 0 Å². The van der Waals surface area contributed by atoms with Gasteiger partial charge >= 0.3 is 0 Å². The van der Waals surface area contributed by atoms with Crippen LogP contribution < -0.4 is 10.1 Å².